The molecule has 7 heteroatoms. The van der Waals surface area contributed by atoms with Crippen LogP contribution in [0.5, 0.6) is 0 Å². The lowest BCUT2D eigenvalue weighted by Gasteiger charge is -2.11. The number of carbonyl (C=O) groups excluding carboxylic acids is 1. The molecule has 1 amide bonds. The van der Waals surface area contributed by atoms with E-state index in [0.29, 0.717) is 22.9 Å². The van der Waals surface area contributed by atoms with Gasteiger partial charge in [-0.25, -0.2) is 18.3 Å². The first kappa shape index (κ1) is 21.6. The standard InChI is InChI=1S/C25H24F2N4O/c1-4-16(3)17-9-11-19(12-10-17)29-25(32)20-14-28-31-22(23(26)27)13-21(30-24(20)31)18-7-5-15(2)6-8-18/h5-14,16,23H,4H2,1-3H3,(H,29,32)/t16-/m1/s1. The molecule has 164 valence electrons. The molecule has 32 heavy (non-hydrogen) atoms. The number of rotatable bonds is 6. The first-order chi connectivity index (χ1) is 15.4. The highest BCUT2D eigenvalue weighted by Crippen LogP contribution is 2.27. The molecule has 0 fully saturated rings. The topological polar surface area (TPSA) is 59.3 Å². The second kappa shape index (κ2) is 8.86. The van der Waals surface area contributed by atoms with Crippen molar-refractivity contribution < 1.29 is 13.6 Å². The molecule has 4 rings (SSSR count). The molecule has 0 radical (unpaired) electrons. The van der Waals surface area contributed by atoms with Gasteiger partial charge < -0.3 is 5.32 Å². The minimum absolute atomic E-state index is 0.0899. The lowest BCUT2D eigenvalue weighted by molar-refractivity contribution is 0.102. The van der Waals surface area contributed by atoms with Crippen LogP contribution in [-0.2, 0) is 0 Å². The number of hydrogen-bond acceptors (Lipinski definition) is 3. The Hall–Kier alpha value is -3.61. The van der Waals surface area contributed by atoms with Gasteiger partial charge in [0, 0.05) is 11.3 Å². The summed E-state index contributed by atoms with van der Waals surface area (Å²) in [6, 6.07) is 16.3. The monoisotopic (exact) mass is 434 g/mol. The number of carbonyl (C=O) groups is 1. The fourth-order valence-electron chi connectivity index (χ4n) is 3.50. The predicted molar refractivity (Wildman–Crippen MR) is 121 cm³/mol. The largest absolute Gasteiger partial charge is 0.322 e. The zero-order valence-electron chi connectivity index (χ0n) is 18.1. The Morgan fingerprint density at radius 3 is 2.41 bits per heavy atom. The lowest BCUT2D eigenvalue weighted by atomic mass is 9.99. The number of hydrogen-bond donors (Lipinski definition) is 1. The van der Waals surface area contributed by atoms with Crippen LogP contribution in [0.15, 0.2) is 60.8 Å². The normalized spacial score (nSPS) is 12.3. The number of benzene rings is 2. The third-order valence-electron chi connectivity index (χ3n) is 5.66. The molecular formula is C25H24F2N4O. The summed E-state index contributed by atoms with van der Waals surface area (Å²) in [7, 11) is 0. The Morgan fingerprint density at radius 1 is 1.09 bits per heavy atom. The number of amides is 1. The summed E-state index contributed by atoms with van der Waals surface area (Å²) >= 11 is 0. The van der Waals surface area contributed by atoms with Crippen molar-refractivity contribution in [2.75, 3.05) is 5.32 Å². The van der Waals surface area contributed by atoms with E-state index in [-0.39, 0.29) is 16.9 Å². The van der Waals surface area contributed by atoms with Gasteiger partial charge in [-0.15, -0.1) is 0 Å². The van der Waals surface area contributed by atoms with Crippen LogP contribution in [0, 0.1) is 6.92 Å². The number of alkyl halides is 2. The van der Waals surface area contributed by atoms with Crippen molar-refractivity contribution in [2.24, 2.45) is 0 Å². The molecule has 4 aromatic rings. The molecule has 2 aromatic heterocycles. The van der Waals surface area contributed by atoms with Crippen molar-refractivity contribution in [1.29, 1.82) is 0 Å². The second-order valence-corrected chi connectivity index (χ2v) is 7.91. The molecule has 0 aliphatic carbocycles. The van der Waals surface area contributed by atoms with Gasteiger partial charge in [0.25, 0.3) is 12.3 Å². The molecule has 0 bridgehead atoms. The van der Waals surface area contributed by atoms with Gasteiger partial charge in [0.1, 0.15) is 11.3 Å². The summed E-state index contributed by atoms with van der Waals surface area (Å²) in [6.07, 6.45) is -0.473. The summed E-state index contributed by atoms with van der Waals surface area (Å²) in [5.74, 6) is -0.0263. The molecule has 5 nitrogen and oxygen atoms in total. The third kappa shape index (κ3) is 4.23. The lowest BCUT2D eigenvalue weighted by Crippen LogP contribution is -2.13. The Bertz CT molecular complexity index is 1250. The first-order valence-electron chi connectivity index (χ1n) is 10.5. The summed E-state index contributed by atoms with van der Waals surface area (Å²) < 4.78 is 28.5. The van der Waals surface area contributed by atoms with Crippen LogP contribution in [0.3, 0.4) is 0 Å². The Kier molecular flexibility index (Phi) is 5.99. The zero-order valence-corrected chi connectivity index (χ0v) is 18.1. The van der Waals surface area contributed by atoms with Crippen molar-refractivity contribution in [1.82, 2.24) is 14.6 Å². The van der Waals surface area contributed by atoms with Crippen LogP contribution >= 0.6 is 0 Å². The molecule has 0 unspecified atom stereocenters. The highest BCUT2D eigenvalue weighted by atomic mass is 19.3. The van der Waals surface area contributed by atoms with E-state index in [0.717, 1.165) is 16.5 Å². The molecule has 1 atom stereocenters. The van der Waals surface area contributed by atoms with E-state index >= 15 is 0 Å². The number of nitrogens with one attached hydrogen (secondary N) is 1. The van der Waals surface area contributed by atoms with Crippen LogP contribution in [0.25, 0.3) is 16.9 Å². The van der Waals surface area contributed by atoms with E-state index in [9.17, 15) is 13.6 Å². The average molecular weight is 434 g/mol. The summed E-state index contributed by atoms with van der Waals surface area (Å²) in [4.78, 5) is 17.4. The molecule has 0 aliphatic heterocycles. The third-order valence-corrected chi connectivity index (χ3v) is 5.66. The molecular weight excluding hydrogens is 410 g/mol. The highest BCUT2D eigenvalue weighted by molar-refractivity contribution is 6.08. The van der Waals surface area contributed by atoms with Crippen molar-refractivity contribution in [3.63, 3.8) is 0 Å². The first-order valence-corrected chi connectivity index (χ1v) is 10.5. The fraction of sp³-hybridized carbons (Fsp3) is 0.240. The molecule has 1 N–H and O–H groups in total. The van der Waals surface area contributed by atoms with Crippen LogP contribution in [-0.4, -0.2) is 20.5 Å². The van der Waals surface area contributed by atoms with Crippen LogP contribution in [0.2, 0.25) is 0 Å². The number of nitrogens with zero attached hydrogens (tertiary/aromatic N) is 3. The van der Waals surface area contributed by atoms with E-state index < -0.39 is 12.3 Å². The van der Waals surface area contributed by atoms with Gasteiger partial charge in [-0.2, -0.15) is 5.10 Å². The van der Waals surface area contributed by atoms with Crippen LogP contribution in [0.1, 0.15) is 59.8 Å². The maximum absolute atomic E-state index is 13.8. The molecule has 0 spiro atoms. The molecule has 2 aromatic carbocycles. The number of fused-ring (bicyclic) bond motifs is 1. The van der Waals surface area contributed by atoms with Gasteiger partial charge in [0.15, 0.2) is 5.65 Å². The van der Waals surface area contributed by atoms with Gasteiger partial charge in [-0.3, -0.25) is 4.79 Å². The van der Waals surface area contributed by atoms with Crippen molar-refractivity contribution in [3.05, 3.63) is 83.2 Å². The smallest absolute Gasteiger partial charge is 0.280 e. The quantitative estimate of drug-likeness (QED) is 0.382. The predicted octanol–water partition coefficient (Wildman–Crippen LogP) is 6.41. The number of halogens is 2. The van der Waals surface area contributed by atoms with Gasteiger partial charge >= 0.3 is 0 Å². The number of anilines is 1. The Balaban J connectivity index is 1.71. The SMILES string of the molecule is CC[C@@H](C)c1ccc(NC(=O)c2cnn3c(C(F)F)cc(-c4ccc(C)cc4)nc23)cc1. The van der Waals surface area contributed by atoms with Crippen molar-refractivity contribution >= 4 is 17.2 Å². The molecule has 2 heterocycles. The number of aryl methyl sites for hydroxylation is 1. The highest BCUT2D eigenvalue weighted by Gasteiger charge is 2.21. The minimum atomic E-state index is -2.77. The average Bonchev–Trinajstić information content (AvgIpc) is 3.23. The van der Waals surface area contributed by atoms with Gasteiger partial charge in [0.05, 0.1) is 11.9 Å². The van der Waals surface area contributed by atoms with E-state index in [1.165, 1.54) is 17.8 Å². The summed E-state index contributed by atoms with van der Waals surface area (Å²) in [6.45, 7) is 6.21. The number of aromatic nitrogens is 3. The Morgan fingerprint density at radius 2 is 1.78 bits per heavy atom. The van der Waals surface area contributed by atoms with E-state index in [2.05, 4.69) is 29.2 Å². The molecule has 0 saturated heterocycles. The molecule has 0 aliphatic rings. The van der Waals surface area contributed by atoms with Crippen molar-refractivity contribution in [2.45, 2.75) is 39.5 Å². The van der Waals surface area contributed by atoms with Gasteiger partial charge in [-0.1, -0.05) is 55.8 Å². The second-order valence-electron chi connectivity index (χ2n) is 7.91. The van der Waals surface area contributed by atoms with Crippen molar-refractivity contribution in [3.8, 4) is 11.3 Å². The Labute approximate surface area is 185 Å². The van der Waals surface area contributed by atoms with Crippen LogP contribution in [0.4, 0.5) is 14.5 Å². The van der Waals surface area contributed by atoms with E-state index in [4.69, 9.17) is 0 Å². The van der Waals surface area contributed by atoms with E-state index in [1.807, 2.05) is 55.5 Å². The van der Waals surface area contributed by atoms with E-state index in [1.54, 1.807) is 0 Å². The maximum Gasteiger partial charge on any atom is 0.280 e. The van der Waals surface area contributed by atoms with Crippen LogP contribution < -0.4 is 5.32 Å². The molecule has 0 saturated carbocycles. The zero-order chi connectivity index (χ0) is 22.8. The summed E-state index contributed by atoms with van der Waals surface area (Å²) in [5.41, 5.74) is 3.81. The fourth-order valence-corrected chi connectivity index (χ4v) is 3.50. The summed E-state index contributed by atoms with van der Waals surface area (Å²) in [5, 5.41) is 6.83. The van der Waals surface area contributed by atoms with Gasteiger partial charge in [0.2, 0.25) is 0 Å². The maximum atomic E-state index is 13.8. The minimum Gasteiger partial charge on any atom is -0.322 e. The van der Waals surface area contributed by atoms with Gasteiger partial charge in [-0.05, 0) is 43.0 Å².